The molecule has 0 amide bonds. The van der Waals surface area contributed by atoms with Gasteiger partial charge < -0.3 is 0 Å². The molecule has 0 aliphatic rings. The van der Waals surface area contributed by atoms with Crippen molar-refractivity contribution in [1.82, 2.24) is 0 Å². The highest BCUT2D eigenvalue weighted by Crippen LogP contribution is 2.29. The second-order valence-corrected chi connectivity index (χ2v) is 8.04. The topological polar surface area (TPSA) is 3.88 Å². The van der Waals surface area contributed by atoms with Crippen molar-refractivity contribution < 1.29 is 4.57 Å². The number of allylic oxidation sites excluding steroid dienone is 1. The zero-order valence-electron chi connectivity index (χ0n) is 18.5. The third-order valence-electron chi connectivity index (χ3n) is 5.81. The standard InChI is InChI=1S/C32H26N/c1-5-14-26(15-6-1)16-13-23-33-31(28-19-9-3-10-20-28)24-30(27-17-7-2-8-18-27)25-32(33)29-21-11-4-12-22-29/h1-22,24-25H,23H2/q+1/b16-13+. The lowest BCUT2D eigenvalue weighted by Gasteiger charge is -2.12. The summed E-state index contributed by atoms with van der Waals surface area (Å²) in [5.41, 5.74) is 8.47. The minimum atomic E-state index is 0.776. The molecule has 5 aromatic rings. The van der Waals surface area contributed by atoms with E-state index in [9.17, 15) is 0 Å². The Hall–Kier alpha value is -4.23. The van der Waals surface area contributed by atoms with Crippen LogP contribution in [0.1, 0.15) is 5.56 Å². The summed E-state index contributed by atoms with van der Waals surface area (Å²) < 4.78 is 2.41. The van der Waals surface area contributed by atoms with Crippen LogP contribution < -0.4 is 4.57 Å². The van der Waals surface area contributed by atoms with Crippen LogP contribution in [0.3, 0.4) is 0 Å². The van der Waals surface area contributed by atoms with Gasteiger partial charge in [0.25, 0.3) is 0 Å². The van der Waals surface area contributed by atoms with Crippen LogP contribution in [0.4, 0.5) is 0 Å². The molecule has 158 valence electrons. The molecular formula is C32H26N+. The summed E-state index contributed by atoms with van der Waals surface area (Å²) in [5.74, 6) is 0. The zero-order chi connectivity index (χ0) is 22.3. The van der Waals surface area contributed by atoms with Crippen LogP contribution >= 0.6 is 0 Å². The first-order chi connectivity index (χ1) is 16.4. The minimum Gasteiger partial charge on any atom is -0.188 e. The van der Waals surface area contributed by atoms with Gasteiger partial charge in [-0.1, -0.05) is 103 Å². The molecule has 33 heavy (non-hydrogen) atoms. The van der Waals surface area contributed by atoms with Gasteiger partial charge in [0, 0.05) is 23.3 Å². The van der Waals surface area contributed by atoms with Gasteiger partial charge in [0.1, 0.15) is 0 Å². The molecule has 5 rings (SSSR count). The van der Waals surface area contributed by atoms with E-state index in [-0.39, 0.29) is 0 Å². The number of nitrogens with zero attached hydrogens (tertiary/aromatic N) is 1. The van der Waals surface area contributed by atoms with E-state index >= 15 is 0 Å². The van der Waals surface area contributed by atoms with E-state index in [1.807, 2.05) is 0 Å². The largest absolute Gasteiger partial charge is 0.213 e. The van der Waals surface area contributed by atoms with E-state index < -0.39 is 0 Å². The van der Waals surface area contributed by atoms with Gasteiger partial charge in [-0.15, -0.1) is 0 Å². The summed E-state index contributed by atoms with van der Waals surface area (Å²) in [4.78, 5) is 0. The number of rotatable bonds is 6. The lowest BCUT2D eigenvalue weighted by Crippen LogP contribution is -2.38. The molecule has 0 radical (unpaired) electrons. The van der Waals surface area contributed by atoms with Crippen molar-refractivity contribution in [2.45, 2.75) is 6.54 Å². The SMILES string of the molecule is C(=C\c1ccccc1)/C[n+]1c(-c2ccccc2)cc(-c2ccccc2)cc1-c1ccccc1. The van der Waals surface area contributed by atoms with Crippen LogP contribution in [-0.4, -0.2) is 0 Å². The molecule has 0 unspecified atom stereocenters. The predicted molar refractivity (Wildman–Crippen MR) is 138 cm³/mol. The van der Waals surface area contributed by atoms with Gasteiger partial charge in [-0.05, 0) is 47.0 Å². The van der Waals surface area contributed by atoms with Crippen molar-refractivity contribution in [3.63, 3.8) is 0 Å². The Bertz CT molecular complexity index is 1280. The Kier molecular flexibility index (Phi) is 6.22. The Morgan fingerprint density at radius 3 is 1.36 bits per heavy atom. The van der Waals surface area contributed by atoms with Gasteiger partial charge >= 0.3 is 0 Å². The molecule has 0 atom stereocenters. The van der Waals surface area contributed by atoms with Crippen LogP contribution in [0, 0.1) is 0 Å². The first kappa shape index (κ1) is 20.7. The van der Waals surface area contributed by atoms with Crippen LogP contribution in [-0.2, 0) is 6.54 Å². The first-order valence-corrected chi connectivity index (χ1v) is 11.3. The van der Waals surface area contributed by atoms with E-state index in [0.29, 0.717) is 0 Å². The lowest BCUT2D eigenvalue weighted by atomic mass is 9.99. The molecule has 4 aromatic carbocycles. The molecule has 0 saturated carbocycles. The molecule has 0 aliphatic heterocycles. The molecule has 0 bridgehead atoms. The van der Waals surface area contributed by atoms with Crippen molar-refractivity contribution in [3.05, 3.63) is 145 Å². The maximum absolute atomic E-state index is 2.41. The van der Waals surface area contributed by atoms with Crippen molar-refractivity contribution in [3.8, 4) is 33.6 Å². The molecule has 0 N–H and O–H groups in total. The minimum absolute atomic E-state index is 0.776. The summed E-state index contributed by atoms with van der Waals surface area (Å²) in [6, 6.07) is 47.1. The Morgan fingerprint density at radius 1 is 0.455 bits per heavy atom. The van der Waals surface area contributed by atoms with Crippen LogP contribution in [0.25, 0.3) is 39.7 Å². The third-order valence-corrected chi connectivity index (χ3v) is 5.81. The molecule has 1 heteroatoms. The van der Waals surface area contributed by atoms with Gasteiger partial charge in [0.2, 0.25) is 11.4 Å². The normalized spacial score (nSPS) is 11.0. The smallest absolute Gasteiger partial charge is 0.188 e. The average molecular weight is 425 g/mol. The van der Waals surface area contributed by atoms with Gasteiger partial charge in [0.15, 0.2) is 6.54 Å². The zero-order valence-corrected chi connectivity index (χ0v) is 18.5. The van der Waals surface area contributed by atoms with E-state index in [1.165, 1.54) is 39.2 Å². The number of pyridine rings is 1. The number of benzene rings is 4. The highest BCUT2D eigenvalue weighted by Gasteiger charge is 2.21. The molecule has 0 saturated heterocycles. The highest BCUT2D eigenvalue weighted by atomic mass is 15.0. The average Bonchev–Trinajstić information content (AvgIpc) is 2.91. The fourth-order valence-corrected chi connectivity index (χ4v) is 4.17. The van der Waals surface area contributed by atoms with Gasteiger partial charge in [-0.25, -0.2) is 0 Å². The molecule has 0 aliphatic carbocycles. The van der Waals surface area contributed by atoms with Crippen molar-refractivity contribution in [2.24, 2.45) is 0 Å². The molecular weight excluding hydrogens is 398 g/mol. The van der Waals surface area contributed by atoms with Crippen LogP contribution in [0.15, 0.2) is 140 Å². The number of aromatic nitrogens is 1. The Morgan fingerprint density at radius 2 is 0.879 bits per heavy atom. The van der Waals surface area contributed by atoms with Gasteiger partial charge in [-0.3, -0.25) is 0 Å². The summed E-state index contributed by atoms with van der Waals surface area (Å²) >= 11 is 0. The second-order valence-electron chi connectivity index (χ2n) is 8.04. The Balaban J connectivity index is 1.70. The maximum Gasteiger partial charge on any atom is 0.213 e. The first-order valence-electron chi connectivity index (χ1n) is 11.3. The summed E-state index contributed by atoms with van der Waals surface area (Å²) in [5, 5.41) is 0. The molecule has 0 fully saturated rings. The summed E-state index contributed by atoms with van der Waals surface area (Å²) in [6.45, 7) is 0.776. The van der Waals surface area contributed by atoms with Crippen LogP contribution in [0.2, 0.25) is 0 Å². The van der Waals surface area contributed by atoms with Crippen molar-refractivity contribution in [2.75, 3.05) is 0 Å². The predicted octanol–water partition coefficient (Wildman–Crippen LogP) is 7.69. The van der Waals surface area contributed by atoms with Crippen molar-refractivity contribution >= 4 is 6.08 Å². The fraction of sp³-hybridized carbons (Fsp3) is 0.0312. The second kappa shape index (κ2) is 9.93. The number of hydrogen-bond acceptors (Lipinski definition) is 0. The molecule has 1 aromatic heterocycles. The van der Waals surface area contributed by atoms with E-state index in [4.69, 9.17) is 0 Å². The highest BCUT2D eigenvalue weighted by molar-refractivity contribution is 5.73. The maximum atomic E-state index is 2.41. The summed E-state index contributed by atoms with van der Waals surface area (Å²) in [7, 11) is 0. The Labute approximate surface area is 195 Å². The number of hydrogen-bond donors (Lipinski definition) is 0. The van der Waals surface area contributed by atoms with E-state index in [2.05, 4.69) is 150 Å². The van der Waals surface area contributed by atoms with E-state index in [0.717, 1.165) is 6.54 Å². The quantitative estimate of drug-likeness (QED) is 0.246. The molecule has 0 spiro atoms. The van der Waals surface area contributed by atoms with Crippen LogP contribution in [0.5, 0.6) is 0 Å². The summed E-state index contributed by atoms with van der Waals surface area (Å²) in [6.07, 6.45) is 4.44. The monoisotopic (exact) mass is 424 g/mol. The third kappa shape index (κ3) is 4.83. The lowest BCUT2D eigenvalue weighted by molar-refractivity contribution is -0.665. The van der Waals surface area contributed by atoms with E-state index in [1.54, 1.807) is 0 Å². The van der Waals surface area contributed by atoms with Crippen molar-refractivity contribution in [1.29, 1.82) is 0 Å². The molecule has 1 nitrogen and oxygen atoms in total. The van der Waals surface area contributed by atoms with Gasteiger partial charge in [0.05, 0.1) is 0 Å². The fourth-order valence-electron chi connectivity index (χ4n) is 4.17. The van der Waals surface area contributed by atoms with Gasteiger partial charge in [-0.2, -0.15) is 4.57 Å². The molecule has 1 heterocycles.